The SMILES string of the molecule is O=COCc1cc(-c2ccccc2)c2cc(F)ccc2n1. The molecule has 0 spiro atoms. The quantitative estimate of drug-likeness (QED) is 0.684. The van der Waals surface area contributed by atoms with Crippen LogP contribution in [-0.2, 0) is 16.1 Å². The Kier molecular flexibility index (Phi) is 3.60. The van der Waals surface area contributed by atoms with Gasteiger partial charge in [-0.25, -0.2) is 9.37 Å². The molecule has 3 aromatic rings. The Morgan fingerprint density at radius 3 is 2.67 bits per heavy atom. The minimum Gasteiger partial charge on any atom is -0.461 e. The highest BCUT2D eigenvalue weighted by Gasteiger charge is 2.09. The van der Waals surface area contributed by atoms with Gasteiger partial charge >= 0.3 is 0 Å². The van der Waals surface area contributed by atoms with Crippen LogP contribution in [0.3, 0.4) is 0 Å². The molecular formula is C17H12FNO2. The van der Waals surface area contributed by atoms with E-state index in [1.807, 2.05) is 36.4 Å². The van der Waals surface area contributed by atoms with Gasteiger partial charge in [0, 0.05) is 5.39 Å². The van der Waals surface area contributed by atoms with Gasteiger partial charge in [-0.1, -0.05) is 30.3 Å². The number of halogens is 1. The highest BCUT2D eigenvalue weighted by atomic mass is 19.1. The van der Waals surface area contributed by atoms with Crippen LogP contribution in [0.5, 0.6) is 0 Å². The number of rotatable bonds is 4. The van der Waals surface area contributed by atoms with Crippen molar-refractivity contribution in [3.63, 3.8) is 0 Å². The van der Waals surface area contributed by atoms with Crippen LogP contribution in [0.4, 0.5) is 4.39 Å². The van der Waals surface area contributed by atoms with Gasteiger partial charge in [0.05, 0.1) is 11.2 Å². The van der Waals surface area contributed by atoms with E-state index in [9.17, 15) is 9.18 Å². The molecule has 0 saturated carbocycles. The summed E-state index contributed by atoms with van der Waals surface area (Å²) >= 11 is 0. The molecule has 0 aliphatic heterocycles. The van der Waals surface area contributed by atoms with Crippen molar-refractivity contribution >= 4 is 17.4 Å². The molecule has 0 fully saturated rings. The van der Waals surface area contributed by atoms with Gasteiger partial charge in [-0.2, -0.15) is 0 Å². The second-order valence-corrected chi connectivity index (χ2v) is 4.60. The molecule has 3 nitrogen and oxygen atoms in total. The van der Waals surface area contributed by atoms with Crippen molar-refractivity contribution in [2.24, 2.45) is 0 Å². The Hall–Kier alpha value is -2.75. The van der Waals surface area contributed by atoms with E-state index < -0.39 is 0 Å². The van der Waals surface area contributed by atoms with Gasteiger partial charge < -0.3 is 4.74 Å². The zero-order valence-electron chi connectivity index (χ0n) is 11.1. The van der Waals surface area contributed by atoms with Gasteiger partial charge in [-0.15, -0.1) is 0 Å². The zero-order chi connectivity index (χ0) is 14.7. The summed E-state index contributed by atoms with van der Waals surface area (Å²) in [5, 5.41) is 0.732. The number of ether oxygens (including phenoxy) is 1. The molecule has 1 heterocycles. The van der Waals surface area contributed by atoms with E-state index in [0.717, 1.165) is 16.5 Å². The molecule has 0 radical (unpaired) electrons. The standard InChI is InChI=1S/C17H12FNO2/c18-13-6-7-17-16(8-13)15(12-4-2-1-3-5-12)9-14(19-17)10-21-11-20/h1-9,11H,10H2. The number of carbonyl (C=O) groups excluding carboxylic acids is 1. The van der Waals surface area contributed by atoms with E-state index in [1.165, 1.54) is 12.1 Å². The third kappa shape index (κ3) is 2.74. The van der Waals surface area contributed by atoms with Crippen LogP contribution in [0.15, 0.2) is 54.6 Å². The molecule has 1 aromatic heterocycles. The lowest BCUT2D eigenvalue weighted by Gasteiger charge is -2.10. The molecule has 0 unspecified atom stereocenters. The third-order valence-corrected chi connectivity index (χ3v) is 3.21. The van der Waals surface area contributed by atoms with Crippen molar-refractivity contribution in [3.05, 3.63) is 66.1 Å². The molecule has 0 aliphatic carbocycles. The van der Waals surface area contributed by atoms with Crippen LogP contribution < -0.4 is 0 Å². The third-order valence-electron chi connectivity index (χ3n) is 3.21. The van der Waals surface area contributed by atoms with Crippen LogP contribution in [0.25, 0.3) is 22.0 Å². The molecular weight excluding hydrogens is 269 g/mol. The van der Waals surface area contributed by atoms with E-state index in [1.54, 1.807) is 6.07 Å². The van der Waals surface area contributed by atoms with E-state index in [0.29, 0.717) is 17.7 Å². The number of hydrogen-bond acceptors (Lipinski definition) is 3. The molecule has 4 heteroatoms. The number of carbonyl (C=O) groups is 1. The Morgan fingerprint density at radius 2 is 1.90 bits per heavy atom. The Morgan fingerprint density at radius 1 is 1.10 bits per heavy atom. The number of aromatic nitrogens is 1. The van der Waals surface area contributed by atoms with Crippen LogP contribution in [0.1, 0.15) is 5.69 Å². The molecule has 0 atom stereocenters. The van der Waals surface area contributed by atoms with Crippen molar-refractivity contribution in [2.45, 2.75) is 6.61 Å². The Balaban J connectivity index is 2.23. The first kappa shape index (κ1) is 13.2. The fourth-order valence-electron chi connectivity index (χ4n) is 2.30. The highest BCUT2D eigenvalue weighted by Crippen LogP contribution is 2.29. The first-order chi connectivity index (χ1) is 10.3. The topological polar surface area (TPSA) is 39.2 Å². The molecule has 3 rings (SSSR count). The second-order valence-electron chi connectivity index (χ2n) is 4.60. The maximum atomic E-state index is 13.5. The average Bonchev–Trinajstić information content (AvgIpc) is 2.53. The van der Waals surface area contributed by atoms with Crippen molar-refractivity contribution in [1.82, 2.24) is 4.98 Å². The fraction of sp³-hybridized carbons (Fsp3) is 0.0588. The van der Waals surface area contributed by atoms with Gasteiger partial charge in [0.15, 0.2) is 0 Å². The number of pyridine rings is 1. The maximum absolute atomic E-state index is 13.5. The highest BCUT2D eigenvalue weighted by molar-refractivity contribution is 5.94. The summed E-state index contributed by atoms with van der Waals surface area (Å²) in [6.07, 6.45) is 0. The van der Waals surface area contributed by atoms with Gasteiger partial charge in [-0.3, -0.25) is 4.79 Å². The summed E-state index contributed by atoms with van der Waals surface area (Å²) in [5.74, 6) is -0.307. The smallest absolute Gasteiger partial charge is 0.293 e. The minimum absolute atomic E-state index is 0.0939. The van der Waals surface area contributed by atoms with Crippen LogP contribution in [0.2, 0.25) is 0 Å². The number of nitrogens with zero attached hydrogens (tertiary/aromatic N) is 1. The lowest BCUT2D eigenvalue weighted by atomic mass is 10.00. The molecule has 2 aromatic carbocycles. The van der Waals surface area contributed by atoms with Crippen LogP contribution >= 0.6 is 0 Å². The van der Waals surface area contributed by atoms with E-state index in [4.69, 9.17) is 4.74 Å². The summed E-state index contributed by atoms with van der Waals surface area (Å²) in [5.41, 5.74) is 3.12. The van der Waals surface area contributed by atoms with E-state index in [-0.39, 0.29) is 12.4 Å². The second kappa shape index (κ2) is 5.71. The van der Waals surface area contributed by atoms with Gasteiger partial charge in [0.1, 0.15) is 12.4 Å². The lowest BCUT2D eigenvalue weighted by molar-refractivity contribution is -0.129. The van der Waals surface area contributed by atoms with Crippen molar-refractivity contribution in [3.8, 4) is 11.1 Å². The zero-order valence-corrected chi connectivity index (χ0v) is 11.1. The monoisotopic (exact) mass is 281 g/mol. The van der Waals surface area contributed by atoms with Gasteiger partial charge in [-0.05, 0) is 35.4 Å². The van der Waals surface area contributed by atoms with Crippen molar-refractivity contribution < 1.29 is 13.9 Å². The summed E-state index contributed by atoms with van der Waals surface area (Å²) < 4.78 is 18.3. The van der Waals surface area contributed by atoms with Gasteiger partial charge in [0.25, 0.3) is 6.47 Å². The molecule has 0 saturated heterocycles. The van der Waals surface area contributed by atoms with Crippen molar-refractivity contribution in [2.75, 3.05) is 0 Å². The first-order valence-corrected chi connectivity index (χ1v) is 6.48. The number of benzene rings is 2. The summed E-state index contributed by atoms with van der Waals surface area (Å²) in [6, 6.07) is 15.9. The van der Waals surface area contributed by atoms with Gasteiger partial charge in [0.2, 0.25) is 0 Å². The average molecular weight is 281 g/mol. The lowest BCUT2D eigenvalue weighted by Crippen LogP contribution is -1.96. The van der Waals surface area contributed by atoms with E-state index in [2.05, 4.69) is 4.98 Å². The van der Waals surface area contributed by atoms with E-state index >= 15 is 0 Å². The van der Waals surface area contributed by atoms with Crippen LogP contribution in [0, 0.1) is 5.82 Å². The predicted octanol–water partition coefficient (Wildman–Crippen LogP) is 3.71. The summed E-state index contributed by atoms with van der Waals surface area (Å²) in [7, 11) is 0. The summed E-state index contributed by atoms with van der Waals surface area (Å²) in [4.78, 5) is 14.7. The predicted molar refractivity (Wildman–Crippen MR) is 78.0 cm³/mol. The summed E-state index contributed by atoms with van der Waals surface area (Å²) in [6.45, 7) is 0.482. The molecule has 0 N–H and O–H groups in total. The van der Waals surface area contributed by atoms with Crippen molar-refractivity contribution in [1.29, 1.82) is 0 Å². The largest absolute Gasteiger partial charge is 0.461 e. The van der Waals surface area contributed by atoms with Crippen LogP contribution in [-0.4, -0.2) is 11.5 Å². The first-order valence-electron chi connectivity index (χ1n) is 6.48. The molecule has 104 valence electrons. The molecule has 0 aliphatic rings. The molecule has 0 amide bonds. The minimum atomic E-state index is -0.307. The number of fused-ring (bicyclic) bond motifs is 1. The number of hydrogen-bond donors (Lipinski definition) is 0. The molecule has 21 heavy (non-hydrogen) atoms. The maximum Gasteiger partial charge on any atom is 0.293 e. The molecule has 0 bridgehead atoms. The Bertz CT molecular complexity index is 787. The normalized spacial score (nSPS) is 10.5. The fourth-order valence-corrected chi connectivity index (χ4v) is 2.30. The Labute approximate surface area is 121 Å².